The first kappa shape index (κ1) is 46.4. The first-order valence-corrected chi connectivity index (χ1v) is 21.1. The van der Waals surface area contributed by atoms with Gasteiger partial charge in [0.05, 0.1) is 35.9 Å². The number of hydrogen-bond donors (Lipinski definition) is 5. The van der Waals surface area contributed by atoms with Crippen LogP contribution in [0.1, 0.15) is 85.5 Å². The zero-order valence-electron chi connectivity index (χ0n) is 35.8. The van der Waals surface area contributed by atoms with Crippen LogP contribution >= 0.6 is 11.8 Å². The minimum Gasteiger partial charge on any atom is -0.492 e. The predicted octanol–water partition coefficient (Wildman–Crippen LogP) is 3.43. The van der Waals surface area contributed by atoms with Gasteiger partial charge in [-0.1, -0.05) is 70.7 Å². The number of rotatable bonds is 10. The molecule has 0 spiro atoms. The molecule has 16 nitrogen and oxygen atoms in total. The maximum atomic E-state index is 15.5. The smallest absolute Gasteiger partial charge is 0.338 e. The number of fused-ring (bicyclic) bond motifs is 5. The Morgan fingerprint density at radius 2 is 1.70 bits per heavy atom. The Morgan fingerprint density at radius 1 is 1.03 bits per heavy atom. The first-order chi connectivity index (χ1) is 28.4. The lowest BCUT2D eigenvalue weighted by Gasteiger charge is -2.67. The molecule has 2 bridgehead atoms. The average Bonchev–Trinajstić information content (AvgIpc) is 3.17. The Kier molecular flexibility index (Phi) is 12.8. The summed E-state index contributed by atoms with van der Waals surface area (Å²) in [4.78, 5) is 70.2. The van der Waals surface area contributed by atoms with Gasteiger partial charge in [0.1, 0.15) is 42.2 Å². The van der Waals surface area contributed by atoms with Crippen molar-refractivity contribution >= 4 is 40.7 Å². The van der Waals surface area contributed by atoms with Crippen LogP contribution in [0.25, 0.3) is 0 Å². The first-order valence-electron chi connectivity index (χ1n) is 20.3. The highest BCUT2D eigenvalue weighted by atomic mass is 32.2. The van der Waals surface area contributed by atoms with E-state index in [-0.39, 0.29) is 29.7 Å². The zero-order chi connectivity index (χ0) is 45.0. The molecule has 2 aliphatic heterocycles. The van der Waals surface area contributed by atoms with E-state index in [4.69, 9.17) is 28.4 Å². The summed E-state index contributed by atoms with van der Waals surface area (Å²) in [5, 5.41) is 50.3. The molecule has 1 aromatic carbocycles. The van der Waals surface area contributed by atoms with Crippen molar-refractivity contribution in [1.29, 1.82) is 0 Å². The second kappa shape index (κ2) is 16.9. The van der Waals surface area contributed by atoms with E-state index in [0.29, 0.717) is 0 Å². The summed E-state index contributed by atoms with van der Waals surface area (Å²) < 4.78 is 35.6. The number of esters is 3. The van der Waals surface area contributed by atoms with Crippen molar-refractivity contribution in [3.63, 3.8) is 0 Å². The van der Waals surface area contributed by atoms with Crippen LogP contribution in [0.15, 0.2) is 66.0 Å². The fourth-order valence-electron chi connectivity index (χ4n) is 9.81. The standard InChI is InChI=1S/C44H57NO15S/c1-22-27(58-38(52)32(49)31(26-17-13-14-18-55-26)45-39(53)61-40(4,5)6)20-44(54)36(59-37(51)25-15-11-10-12-16-25)34-42(9,28(48)19-29-43(34,21-56-29)60-24(3)47)35(50)33(57-23(2)46)30(22)41(44,7)8/h10-18,23,26-29,31-34,36,46,48-49,54H,19-21H2,1-9H3,(H,45,53)/t23?,26?,27-,28-,29+,31-,32+,33+,34-,36-,42+,43-,44+/m0/s1. The number of carbonyl (C=O) groups is 5. The third-order valence-electron chi connectivity index (χ3n) is 12.8. The molecule has 17 heteroatoms. The Balaban J connectivity index is 1.52. The number of aliphatic hydroxyl groups excluding tert-OH is 3. The molecule has 2 unspecified atom stereocenters. The van der Waals surface area contributed by atoms with Crippen LogP contribution in [0.2, 0.25) is 0 Å². The SMILES string of the molecule is CC(=O)O[C@@]12CO[C@@H]1C[C@H](O)[C@@]1(C)C(=O)[C@H](OC(C)O)C3=C(C)[C@@H](OC(=O)[C@H](O)[C@@H](NC(=O)SC(C)(C)C)C4C=CC=CO4)C[C@@](O)([C@@H](OC(=O)c4ccccc4)[C@H]21)C3(C)C. The molecular weight excluding hydrogens is 815 g/mol. The number of aliphatic hydroxyl groups is 4. The van der Waals surface area contributed by atoms with Gasteiger partial charge in [0.15, 0.2) is 23.8 Å². The lowest BCUT2D eigenvalue weighted by Crippen LogP contribution is -2.82. The van der Waals surface area contributed by atoms with Crippen molar-refractivity contribution < 1.29 is 72.8 Å². The number of carbonyl (C=O) groups excluding carboxylic acids is 5. The molecule has 3 fully saturated rings. The van der Waals surface area contributed by atoms with Gasteiger partial charge in [-0.15, -0.1) is 0 Å². The Morgan fingerprint density at radius 3 is 2.26 bits per heavy atom. The second-order valence-corrected chi connectivity index (χ2v) is 20.0. The Hall–Kier alpha value is -4.10. The number of ether oxygens (including phenoxy) is 6. The summed E-state index contributed by atoms with van der Waals surface area (Å²) in [5.74, 6) is -5.25. The van der Waals surface area contributed by atoms with Gasteiger partial charge in [-0.3, -0.25) is 14.4 Å². The van der Waals surface area contributed by atoms with Gasteiger partial charge in [0.25, 0.3) is 5.24 Å². The lowest BCUT2D eigenvalue weighted by molar-refractivity contribution is -0.346. The van der Waals surface area contributed by atoms with Crippen molar-refractivity contribution in [3.8, 4) is 0 Å². The average molecular weight is 872 g/mol. The van der Waals surface area contributed by atoms with Crippen LogP contribution in [0.3, 0.4) is 0 Å². The van der Waals surface area contributed by atoms with E-state index >= 15 is 4.79 Å². The van der Waals surface area contributed by atoms with Crippen molar-refractivity contribution in [3.05, 3.63) is 71.5 Å². The van der Waals surface area contributed by atoms with E-state index in [1.807, 2.05) is 20.8 Å². The quantitative estimate of drug-likeness (QED) is 0.0981. The van der Waals surface area contributed by atoms with Gasteiger partial charge < -0.3 is 54.2 Å². The minimum absolute atomic E-state index is 0.0516. The second-order valence-electron chi connectivity index (χ2n) is 18.2. The summed E-state index contributed by atoms with van der Waals surface area (Å²) in [6.07, 6.45) is -6.82. The topological polar surface area (TPSA) is 234 Å². The summed E-state index contributed by atoms with van der Waals surface area (Å²) in [7, 11) is 0. The highest BCUT2D eigenvalue weighted by Gasteiger charge is 2.78. The molecule has 1 amide bonds. The number of Topliss-reactive ketones (excluding diaryl/α,β-unsaturated/α-hetero) is 1. The van der Waals surface area contributed by atoms with Gasteiger partial charge in [0.2, 0.25) is 0 Å². The summed E-state index contributed by atoms with van der Waals surface area (Å²) in [6.45, 7) is 13.7. The van der Waals surface area contributed by atoms with Gasteiger partial charge >= 0.3 is 17.9 Å². The maximum absolute atomic E-state index is 15.5. The number of thioether (sulfide) groups is 1. The van der Waals surface area contributed by atoms with Crippen LogP contribution in [-0.4, -0.2) is 127 Å². The van der Waals surface area contributed by atoms with Gasteiger partial charge in [-0.05, 0) is 56.2 Å². The van der Waals surface area contributed by atoms with Crippen LogP contribution in [-0.2, 0) is 42.8 Å². The minimum atomic E-state index is -2.36. The van der Waals surface area contributed by atoms with Gasteiger partial charge in [-0.25, -0.2) is 9.59 Å². The normalized spacial score (nSPS) is 35.4. The summed E-state index contributed by atoms with van der Waals surface area (Å²) in [5.41, 5.74) is -7.42. The zero-order valence-corrected chi connectivity index (χ0v) is 36.6. The molecule has 5 N–H and O–H groups in total. The fourth-order valence-corrected chi connectivity index (χ4v) is 10.6. The molecule has 61 heavy (non-hydrogen) atoms. The maximum Gasteiger partial charge on any atom is 0.338 e. The highest BCUT2D eigenvalue weighted by Crippen LogP contribution is 2.64. The molecule has 2 saturated carbocycles. The van der Waals surface area contributed by atoms with Crippen LogP contribution < -0.4 is 5.32 Å². The molecular formula is C44H57NO15S. The number of hydrogen-bond acceptors (Lipinski definition) is 16. The summed E-state index contributed by atoms with van der Waals surface area (Å²) >= 11 is 0.937. The van der Waals surface area contributed by atoms with E-state index in [1.165, 1.54) is 32.2 Å². The van der Waals surface area contributed by atoms with Crippen LogP contribution in [0.5, 0.6) is 0 Å². The van der Waals surface area contributed by atoms with Crippen molar-refractivity contribution in [1.82, 2.24) is 5.32 Å². The number of nitrogens with one attached hydrogen (secondary N) is 1. The summed E-state index contributed by atoms with van der Waals surface area (Å²) in [6, 6.07) is 6.51. The predicted molar refractivity (Wildman–Crippen MR) is 218 cm³/mol. The number of ketones is 1. The van der Waals surface area contributed by atoms with Crippen LogP contribution in [0.4, 0.5) is 4.79 Å². The third kappa shape index (κ3) is 8.30. The Bertz CT molecular complexity index is 1990. The van der Waals surface area contributed by atoms with E-state index in [2.05, 4.69) is 5.32 Å². The molecule has 2 heterocycles. The van der Waals surface area contributed by atoms with E-state index in [0.717, 1.165) is 18.7 Å². The van der Waals surface area contributed by atoms with E-state index < -0.39 is 123 Å². The molecule has 0 aromatic heterocycles. The van der Waals surface area contributed by atoms with Gasteiger partial charge in [0, 0.05) is 29.9 Å². The van der Waals surface area contributed by atoms with Crippen molar-refractivity contribution in [2.75, 3.05) is 6.61 Å². The highest BCUT2D eigenvalue weighted by molar-refractivity contribution is 8.14. The molecule has 5 aliphatic rings. The number of amides is 1. The van der Waals surface area contributed by atoms with Crippen LogP contribution in [0, 0.1) is 16.7 Å². The van der Waals surface area contributed by atoms with E-state index in [9.17, 15) is 39.6 Å². The molecule has 334 valence electrons. The lowest BCUT2D eigenvalue weighted by atomic mass is 9.44. The molecule has 1 aromatic rings. The fraction of sp³-hybridized carbons (Fsp3) is 0.614. The molecule has 3 aliphatic carbocycles. The third-order valence-corrected chi connectivity index (χ3v) is 13.8. The molecule has 1 saturated heterocycles. The molecule has 6 rings (SSSR count). The van der Waals surface area contributed by atoms with Gasteiger partial charge in [-0.2, -0.15) is 0 Å². The number of allylic oxidation sites excluding steroid dienone is 2. The van der Waals surface area contributed by atoms with E-state index in [1.54, 1.807) is 57.2 Å². The Labute approximate surface area is 359 Å². The monoisotopic (exact) mass is 871 g/mol. The number of benzene rings is 1. The molecule has 0 radical (unpaired) electrons. The van der Waals surface area contributed by atoms with Crippen molar-refractivity contribution in [2.45, 2.75) is 146 Å². The molecule has 13 atom stereocenters. The van der Waals surface area contributed by atoms with Crippen molar-refractivity contribution in [2.24, 2.45) is 16.7 Å². The largest absolute Gasteiger partial charge is 0.492 e.